The fourth-order valence-electron chi connectivity index (χ4n) is 1.55. The highest BCUT2D eigenvalue weighted by Gasteiger charge is 2.00. The molecule has 4 heteroatoms. The fourth-order valence-corrected chi connectivity index (χ4v) is 1.55. The Bertz CT molecular complexity index is 540. The van der Waals surface area contributed by atoms with Crippen molar-refractivity contribution in [2.45, 2.75) is 6.92 Å². The highest BCUT2D eigenvalue weighted by atomic mass is 19.1. The summed E-state index contributed by atoms with van der Waals surface area (Å²) in [5, 5.41) is 0. The van der Waals surface area contributed by atoms with Crippen molar-refractivity contribution in [3.05, 3.63) is 53.8 Å². The molecule has 19 heavy (non-hydrogen) atoms. The lowest BCUT2D eigenvalue weighted by molar-refractivity contribution is 0.216. The van der Waals surface area contributed by atoms with E-state index in [9.17, 15) is 4.39 Å². The SMILES string of the molecule is Cc1ccc(OCCOc2ccc(N)cc2)cc1F. The highest BCUT2D eigenvalue weighted by Crippen LogP contribution is 2.16. The van der Waals surface area contributed by atoms with Crippen molar-refractivity contribution in [2.24, 2.45) is 0 Å². The van der Waals surface area contributed by atoms with E-state index >= 15 is 0 Å². The van der Waals surface area contributed by atoms with Crippen LogP contribution in [-0.2, 0) is 0 Å². The third kappa shape index (κ3) is 3.88. The van der Waals surface area contributed by atoms with Crippen molar-refractivity contribution in [1.29, 1.82) is 0 Å². The minimum Gasteiger partial charge on any atom is -0.490 e. The molecule has 0 heterocycles. The summed E-state index contributed by atoms with van der Waals surface area (Å²) < 4.78 is 24.1. The first-order chi connectivity index (χ1) is 9.15. The molecular formula is C15H16FNO2. The molecule has 0 spiro atoms. The summed E-state index contributed by atoms with van der Waals surface area (Å²) in [6.07, 6.45) is 0. The van der Waals surface area contributed by atoms with Crippen LogP contribution in [0, 0.1) is 12.7 Å². The van der Waals surface area contributed by atoms with E-state index in [1.165, 1.54) is 6.07 Å². The molecule has 2 N–H and O–H groups in total. The van der Waals surface area contributed by atoms with Gasteiger partial charge in [0, 0.05) is 11.8 Å². The van der Waals surface area contributed by atoms with Crippen LogP contribution >= 0.6 is 0 Å². The molecule has 0 aromatic heterocycles. The van der Waals surface area contributed by atoms with Gasteiger partial charge < -0.3 is 15.2 Å². The lowest BCUT2D eigenvalue weighted by atomic mass is 10.2. The van der Waals surface area contributed by atoms with Crippen molar-refractivity contribution in [3.8, 4) is 11.5 Å². The quantitative estimate of drug-likeness (QED) is 0.664. The maximum absolute atomic E-state index is 13.3. The smallest absolute Gasteiger partial charge is 0.129 e. The zero-order valence-corrected chi connectivity index (χ0v) is 10.7. The molecule has 100 valence electrons. The Kier molecular flexibility index (Phi) is 4.23. The van der Waals surface area contributed by atoms with Gasteiger partial charge in [0.05, 0.1) is 0 Å². The summed E-state index contributed by atoms with van der Waals surface area (Å²) in [7, 11) is 0. The van der Waals surface area contributed by atoms with Gasteiger partial charge in [0.2, 0.25) is 0 Å². The Morgan fingerprint density at radius 2 is 1.53 bits per heavy atom. The molecule has 0 radical (unpaired) electrons. The molecule has 2 rings (SSSR count). The molecule has 0 saturated carbocycles. The van der Waals surface area contributed by atoms with Crippen LogP contribution in [0.3, 0.4) is 0 Å². The lowest BCUT2D eigenvalue weighted by Crippen LogP contribution is -2.09. The average molecular weight is 261 g/mol. The maximum atomic E-state index is 13.3. The van der Waals surface area contributed by atoms with Gasteiger partial charge in [-0.1, -0.05) is 6.07 Å². The second-order valence-corrected chi connectivity index (χ2v) is 4.18. The van der Waals surface area contributed by atoms with Gasteiger partial charge >= 0.3 is 0 Å². The van der Waals surface area contributed by atoms with E-state index in [1.54, 1.807) is 43.3 Å². The molecule has 0 unspecified atom stereocenters. The maximum Gasteiger partial charge on any atom is 0.129 e. The number of nitrogens with two attached hydrogens (primary N) is 1. The van der Waals surface area contributed by atoms with E-state index in [0.717, 1.165) is 5.75 Å². The lowest BCUT2D eigenvalue weighted by Gasteiger charge is -2.09. The third-order valence-corrected chi connectivity index (χ3v) is 2.64. The van der Waals surface area contributed by atoms with E-state index in [0.29, 0.717) is 30.2 Å². The van der Waals surface area contributed by atoms with Gasteiger partial charge in [0.15, 0.2) is 0 Å². The Morgan fingerprint density at radius 3 is 2.16 bits per heavy atom. The summed E-state index contributed by atoms with van der Waals surface area (Å²) in [6.45, 7) is 2.45. The molecule has 0 aliphatic carbocycles. The third-order valence-electron chi connectivity index (χ3n) is 2.64. The summed E-state index contributed by atoms with van der Waals surface area (Å²) in [4.78, 5) is 0. The monoisotopic (exact) mass is 261 g/mol. The zero-order chi connectivity index (χ0) is 13.7. The number of aryl methyl sites for hydroxylation is 1. The van der Waals surface area contributed by atoms with Crippen molar-refractivity contribution in [2.75, 3.05) is 18.9 Å². The molecule has 0 fully saturated rings. The summed E-state index contributed by atoms with van der Waals surface area (Å²) in [5.41, 5.74) is 6.86. The van der Waals surface area contributed by atoms with Crippen molar-refractivity contribution in [1.82, 2.24) is 0 Å². The van der Waals surface area contributed by atoms with Crippen LogP contribution < -0.4 is 15.2 Å². The summed E-state index contributed by atoms with van der Waals surface area (Å²) >= 11 is 0. The molecule has 0 amide bonds. The fraction of sp³-hybridized carbons (Fsp3) is 0.200. The van der Waals surface area contributed by atoms with Gasteiger partial charge in [-0.3, -0.25) is 0 Å². The Morgan fingerprint density at radius 1 is 0.947 bits per heavy atom. The van der Waals surface area contributed by atoms with Gasteiger partial charge in [-0.05, 0) is 42.8 Å². The second-order valence-electron chi connectivity index (χ2n) is 4.18. The zero-order valence-electron chi connectivity index (χ0n) is 10.7. The van der Waals surface area contributed by atoms with Crippen molar-refractivity contribution < 1.29 is 13.9 Å². The predicted octanol–water partition coefficient (Wildman–Crippen LogP) is 3.17. The van der Waals surface area contributed by atoms with Crippen LogP contribution in [0.25, 0.3) is 0 Å². The second kappa shape index (κ2) is 6.09. The molecule has 0 aliphatic heterocycles. The number of hydrogen-bond acceptors (Lipinski definition) is 3. The molecule has 0 atom stereocenters. The predicted molar refractivity (Wildman–Crippen MR) is 73.0 cm³/mol. The topological polar surface area (TPSA) is 44.5 Å². The normalized spacial score (nSPS) is 10.2. The van der Waals surface area contributed by atoms with E-state index < -0.39 is 0 Å². The number of hydrogen-bond donors (Lipinski definition) is 1. The minimum absolute atomic E-state index is 0.267. The van der Waals surface area contributed by atoms with Crippen molar-refractivity contribution in [3.63, 3.8) is 0 Å². The molecule has 2 aromatic rings. The molecule has 2 aromatic carbocycles. The van der Waals surface area contributed by atoms with Crippen LogP contribution in [0.5, 0.6) is 11.5 Å². The van der Waals surface area contributed by atoms with Gasteiger partial charge in [-0.2, -0.15) is 0 Å². The number of ether oxygens (including phenoxy) is 2. The number of halogens is 1. The van der Waals surface area contributed by atoms with Crippen LogP contribution in [0.1, 0.15) is 5.56 Å². The Labute approximate surface area is 111 Å². The molecule has 0 aliphatic rings. The first kappa shape index (κ1) is 13.2. The van der Waals surface area contributed by atoms with Gasteiger partial charge in [-0.15, -0.1) is 0 Å². The Balaban J connectivity index is 1.77. The highest BCUT2D eigenvalue weighted by molar-refractivity contribution is 5.41. The van der Waals surface area contributed by atoms with E-state index in [-0.39, 0.29) is 5.82 Å². The molecule has 3 nitrogen and oxygen atoms in total. The van der Waals surface area contributed by atoms with Crippen molar-refractivity contribution >= 4 is 5.69 Å². The van der Waals surface area contributed by atoms with E-state index in [2.05, 4.69) is 0 Å². The first-order valence-corrected chi connectivity index (χ1v) is 6.02. The van der Waals surface area contributed by atoms with Crippen LogP contribution in [0.4, 0.5) is 10.1 Å². The van der Waals surface area contributed by atoms with Crippen LogP contribution in [0.15, 0.2) is 42.5 Å². The minimum atomic E-state index is -0.267. The van der Waals surface area contributed by atoms with Gasteiger partial charge in [-0.25, -0.2) is 4.39 Å². The van der Waals surface area contributed by atoms with Gasteiger partial charge in [0.1, 0.15) is 30.5 Å². The molecule has 0 bridgehead atoms. The van der Waals surface area contributed by atoms with Crippen LogP contribution in [-0.4, -0.2) is 13.2 Å². The number of rotatable bonds is 5. The number of benzene rings is 2. The average Bonchev–Trinajstić information content (AvgIpc) is 2.41. The number of nitrogen functional groups attached to an aromatic ring is 1. The van der Waals surface area contributed by atoms with Crippen LogP contribution in [0.2, 0.25) is 0 Å². The first-order valence-electron chi connectivity index (χ1n) is 6.02. The number of anilines is 1. The molecular weight excluding hydrogens is 245 g/mol. The summed E-state index contributed by atoms with van der Waals surface area (Å²) in [5.74, 6) is 0.967. The van der Waals surface area contributed by atoms with E-state index in [4.69, 9.17) is 15.2 Å². The Hall–Kier alpha value is -2.23. The van der Waals surface area contributed by atoms with Gasteiger partial charge in [0.25, 0.3) is 0 Å². The molecule has 0 saturated heterocycles. The van der Waals surface area contributed by atoms with E-state index in [1.807, 2.05) is 0 Å². The standard InChI is InChI=1S/C15H16FNO2/c1-11-2-5-14(10-15(11)16)19-9-8-18-13-6-3-12(17)4-7-13/h2-7,10H,8-9,17H2,1H3. The summed E-state index contributed by atoms with van der Waals surface area (Å²) in [6, 6.07) is 11.9. The largest absolute Gasteiger partial charge is 0.490 e.